The quantitative estimate of drug-likeness (QED) is 0.380. The fourth-order valence-electron chi connectivity index (χ4n) is 3.53. The summed E-state index contributed by atoms with van der Waals surface area (Å²) in [7, 11) is 0. The van der Waals surface area contributed by atoms with E-state index in [0.29, 0.717) is 17.9 Å². The van der Waals surface area contributed by atoms with Gasteiger partial charge in [-0.3, -0.25) is 9.89 Å². The van der Waals surface area contributed by atoms with Crippen molar-refractivity contribution in [1.29, 1.82) is 0 Å². The lowest BCUT2D eigenvalue weighted by molar-refractivity contribution is -0.136. The van der Waals surface area contributed by atoms with Crippen molar-refractivity contribution >= 4 is 22.6 Å². The van der Waals surface area contributed by atoms with Gasteiger partial charge in [0.2, 0.25) is 0 Å². The lowest BCUT2D eigenvalue weighted by Gasteiger charge is -2.21. The van der Waals surface area contributed by atoms with Crippen molar-refractivity contribution in [1.82, 2.24) is 10.2 Å². The number of fused-ring (bicyclic) bond motifs is 1. The number of carbonyl (C=O) groups is 1. The molecule has 0 aliphatic rings. The first kappa shape index (κ1) is 19.5. The van der Waals surface area contributed by atoms with E-state index >= 15 is 0 Å². The van der Waals surface area contributed by atoms with Gasteiger partial charge < -0.3 is 15.6 Å². The molecule has 0 fully saturated rings. The van der Waals surface area contributed by atoms with E-state index in [1.807, 2.05) is 61.5 Å². The van der Waals surface area contributed by atoms with Crippen LogP contribution in [0.3, 0.4) is 0 Å². The van der Waals surface area contributed by atoms with Crippen LogP contribution in [0.2, 0.25) is 0 Å². The number of hydrogen-bond donors (Lipinski definition) is 3. The molecule has 0 radical (unpaired) electrons. The molecule has 1 aromatic heterocycles. The molecule has 152 valence electrons. The normalized spacial score (nSPS) is 12.0. The number of carboxylic acids is 1. The van der Waals surface area contributed by atoms with Crippen molar-refractivity contribution in [3.63, 3.8) is 0 Å². The van der Waals surface area contributed by atoms with Gasteiger partial charge >= 0.3 is 5.97 Å². The number of aliphatic carboxylic acids is 1. The van der Waals surface area contributed by atoms with Crippen molar-refractivity contribution in [2.24, 2.45) is 0 Å². The summed E-state index contributed by atoms with van der Waals surface area (Å²) in [6.45, 7) is 1.98. The highest BCUT2D eigenvalue weighted by Crippen LogP contribution is 2.40. The minimum Gasteiger partial charge on any atom is -0.483 e. The van der Waals surface area contributed by atoms with Gasteiger partial charge in [-0.25, -0.2) is 0 Å². The molecular formula is C24H23N3O3. The van der Waals surface area contributed by atoms with Crippen LogP contribution in [0.15, 0.2) is 66.9 Å². The number of anilines is 1. The second kappa shape index (κ2) is 8.29. The summed E-state index contributed by atoms with van der Waals surface area (Å²) in [5, 5.41) is 17.1. The van der Waals surface area contributed by atoms with E-state index in [2.05, 4.69) is 10.2 Å². The number of aryl methyl sites for hydroxylation is 1. The van der Waals surface area contributed by atoms with Crippen LogP contribution >= 0.6 is 0 Å². The summed E-state index contributed by atoms with van der Waals surface area (Å²) in [6.07, 6.45) is 2.01. The number of benzene rings is 3. The number of nitrogens with one attached hydrogen (secondary N) is 1. The Morgan fingerprint density at radius 2 is 1.97 bits per heavy atom. The molecule has 6 heteroatoms. The predicted molar refractivity (Wildman–Crippen MR) is 117 cm³/mol. The number of H-pyrrole nitrogens is 1. The van der Waals surface area contributed by atoms with Crippen LogP contribution in [0.25, 0.3) is 22.0 Å². The third-order valence-corrected chi connectivity index (χ3v) is 5.12. The van der Waals surface area contributed by atoms with Gasteiger partial charge in [-0.05, 0) is 54.3 Å². The summed E-state index contributed by atoms with van der Waals surface area (Å²) in [6, 6.07) is 19.7. The molecule has 0 amide bonds. The fourth-order valence-corrected chi connectivity index (χ4v) is 3.53. The smallest absolute Gasteiger partial charge is 0.303 e. The number of aromatic nitrogens is 2. The molecule has 0 saturated carbocycles. The van der Waals surface area contributed by atoms with Gasteiger partial charge in [0.25, 0.3) is 0 Å². The molecule has 6 nitrogen and oxygen atoms in total. The molecule has 1 heterocycles. The van der Waals surface area contributed by atoms with Crippen molar-refractivity contribution in [3.05, 3.63) is 78.0 Å². The molecule has 0 saturated heterocycles. The molecule has 30 heavy (non-hydrogen) atoms. The Bertz CT molecular complexity index is 1190. The molecule has 4 rings (SSSR count). The van der Waals surface area contributed by atoms with E-state index in [4.69, 9.17) is 15.6 Å². The van der Waals surface area contributed by atoms with Crippen molar-refractivity contribution < 1.29 is 14.6 Å². The number of nitrogens with two attached hydrogens (primary N) is 1. The summed E-state index contributed by atoms with van der Waals surface area (Å²) in [5.41, 5.74) is 11.5. The van der Waals surface area contributed by atoms with Gasteiger partial charge in [0, 0.05) is 17.4 Å². The van der Waals surface area contributed by atoms with Crippen LogP contribution in [-0.4, -0.2) is 21.3 Å². The fraction of sp³-hybridized carbons (Fsp3) is 0.167. The van der Waals surface area contributed by atoms with Crippen LogP contribution in [0.5, 0.6) is 5.75 Å². The number of rotatable bonds is 7. The Hall–Kier alpha value is -3.80. The maximum Gasteiger partial charge on any atom is 0.303 e. The molecule has 0 spiro atoms. The molecule has 0 aliphatic heterocycles. The van der Waals surface area contributed by atoms with Gasteiger partial charge in [-0.2, -0.15) is 5.10 Å². The van der Waals surface area contributed by atoms with Crippen LogP contribution < -0.4 is 10.5 Å². The van der Waals surface area contributed by atoms with E-state index in [-0.39, 0.29) is 12.5 Å². The van der Waals surface area contributed by atoms with Gasteiger partial charge in [-0.1, -0.05) is 36.4 Å². The Balaban J connectivity index is 1.77. The average molecular weight is 401 g/mol. The van der Waals surface area contributed by atoms with Crippen molar-refractivity contribution in [2.45, 2.75) is 25.9 Å². The highest BCUT2D eigenvalue weighted by molar-refractivity contribution is 5.87. The standard InChI is InChI=1S/C24H23N3O3/c1-15(17-5-3-2-4-6-17)30-24-20(11-16(12-21(24)25)7-10-23(28)29)18-8-9-22-19(13-18)14-26-27-22/h2-6,8-9,11-15H,7,10,25H2,1H3,(H,26,27)(H,28,29). The van der Waals surface area contributed by atoms with E-state index in [0.717, 1.165) is 33.2 Å². The third-order valence-electron chi connectivity index (χ3n) is 5.12. The minimum absolute atomic E-state index is 0.0419. The summed E-state index contributed by atoms with van der Waals surface area (Å²) < 4.78 is 6.33. The SMILES string of the molecule is CC(Oc1c(N)cc(CCC(=O)O)cc1-c1ccc2[nH]ncc2c1)c1ccccc1. The number of hydrogen-bond acceptors (Lipinski definition) is 4. The highest BCUT2D eigenvalue weighted by Gasteiger charge is 2.17. The Kier molecular flexibility index (Phi) is 5.39. The third kappa shape index (κ3) is 4.12. The zero-order chi connectivity index (χ0) is 21.1. The first-order valence-corrected chi connectivity index (χ1v) is 9.80. The largest absolute Gasteiger partial charge is 0.483 e. The zero-order valence-electron chi connectivity index (χ0n) is 16.6. The van der Waals surface area contributed by atoms with Crippen molar-refractivity contribution in [3.8, 4) is 16.9 Å². The Morgan fingerprint density at radius 1 is 1.17 bits per heavy atom. The Morgan fingerprint density at radius 3 is 2.73 bits per heavy atom. The minimum atomic E-state index is -0.840. The molecule has 1 atom stereocenters. The van der Waals surface area contributed by atoms with Gasteiger partial charge in [0.15, 0.2) is 5.75 Å². The van der Waals surface area contributed by atoms with Gasteiger partial charge in [-0.15, -0.1) is 0 Å². The summed E-state index contributed by atoms with van der Waals surface area (Å²) in [4.78, 5) is 11.0. The maximum absolute atomic E-state index is 11.0. The first-order chi connectivity index (χ1) is 14.5. The van der Waals surface area contributed by atoms with E-state index in [1.54, 1.807) is 12.3 Å². The molecule has 0 aliphatic carbocycles. The van der Waals surface area contributed by atoms with E-state index in [9.17, 15) is 4.79 Å². The van der Waals surface area contributed by atoms with Crippen molar-refractivity contribution in [2.75, 3.05) is 5.73 Å². The number of ether oxygens (including phenoxy) is 1. The predicted octanol–water partition coefficient (Wildman–Crippen LogP) is 4.97. The van der Waals surface area contributed by atoms with Crippen LogP contribution in [0.1, 0.15) is 30.6 Å². The van der Waals surface area contributed by atoms with E-state index < -0.39 is 5.97 Å². The lowest BCUT2D eigenvalue weighted by Crippen LogP contribution is -2.07. The molecule has 4 aromatic rings. The van der Waals surface area contributed by atoms with Crippen LogP contribution in [-0.2, 0) is 11.2 Å². The molecule has 3 aromatic carbocycles. The number of nitrogens with zero attached hydrogens (tertiary/aromatic N) is 1. The molecule has 1 unspecified atom stereocenters. The zero-order valence-corrected chi connectivity index (χ0v) is 16.6. The second-order valence-electron chi connectivity index (χ2n) is 7.30. The summed E-state index contributed by atoms with van der Waals surface area (Å²) >= 11 is 0. The average Bonchev–Trinajstić information content (AvgIpc) is 3.22. The maximum atomic E-state index is 11.0. The van der Waals surface area contributed by atoms with Crippen LogP contribution in [0.4, 0.5) is 5.69 Å². The Labute approximate surface area is 174 Å². The van der Waals surface area contributed by atoms with Gasteiger partial charge in [0.05, 0.1) is 17.4 Å². The van der Waals surface area contributed by atoms with E-state index in [1.165, 1.54) is 0 Å². The topological polar surface area (TPSA) is 101 Å². The number of aromatic amines is 1. The second-order valence-corrected chi connectivity index (χ2v) is 7.30. The summed E-state index contributed by atoms with van der Waals surface area (Å²) in [5.74, 6) is -0.249. The van der Waals surface area contributed by atoms with Gasteiger partial charge in [0.1, 0.15) is 6.10 Å². The highest BCUT2D eigenvalue weighted by atomic mass is 16.5. The molecule has 4 N–H and O–H groups in total. The molecule has 0 bridgehead atoms. The number of nitrogen functional groups attached to an aromatic ring is 1. The number of carboxylic acid groups (broad SMARTS) is 1. The molecular weight excluding hydrogens is 378 g/mol. The first-order valence-electron chi connectivity index (χ1n) is 9.80. The lowest BCUT2D eigenvalue weighted by atomic mass is 9.97. The monoisotopic (exact) mass is 401 g/mol. The van der Waals surface area contributed by atoms with Crippen LogP contribution in [0, 0.1) is 0 Å².